The lowest BCUT2D eigenvalue weighted by atomic mass is 10.2. The molecule has 9 heteroatoms. The maximum Gasteiger partial charge on any atom is 0.342 e. The highest BCUT2D eigenvalue weighted by molar-refractivity contribution is 5.97. The van der Waals surface area contributed by atoms with Crippen molar-refractivity contribution in [1.29, 1.82) is 0 Å². The fourth-order valence-corrected chi connectivity index (χ4v) is 2.11. The van der Waals surface area contributed by atoms with E-state index in [1.165, 1.54) is 38.5 Å². The number of ether oxygens (including phenoxy) is 3. The monoisotopic (exact) mass is 360 g/mol. The highest BCUT2D eigenvalue weighted by Crippen LogP contribution is 2.28. The Kier molecular flexibility index (Phi) is 6.10. The van der Waals surface area contributed by atoms with Crippen LogP contribution in [0.2, 0.25) is 0 Å². The summed E-state index contributed by atoms with van der Waals surface area (Å²) in [5.41, 5.74) is -0.210. The number of carbonyl (C=O) groups excluding carboxylic acids is 2. The first-order valence-electron chi connectivity index (χ1n) is 7.38. The van der Waals surface area contributed by atoms with E-state index in [0.717, 1.165) is 0 Å². The van der Waals surface area contributed by atoms with E-state index in [4.69, 9.17) is 14.2 Å². The molecule has 0 aromatic heterocycles. The van der Waals surface area contributed by atoms with Crippen LogP contribution in [0.3, 0.4) is 0 Å². The van der Waals surface area contributed by atoms with E-state index in [9.17, 15) is 19.7 Å². The van der Waals surface area contributed by atoms with Crippen LogP contribution >= 0.6 is 0 Å². The van der Waals surface area contributed by atoms with Crippen LogP contribution in [-0.2, 0) is 9.53 Å². The Balaban J connectivity index is 2.05. The topological polar surface area (TPSA) is 117 Å². The third-order valence-electron chi connectivity index (χ3n) is 3.34. The summed E-state index contributed by atoms with van der Waals surface area (Å²) in [6.07, 6.45) is 0. The molecule has 0 unspecified atom stereocenters. The fraction of sp³-hybridized carbons (Fsp3) is 0.176. The van der Waals surface area contributed by atoms with Gasteiger partial charge in [0.05, 0.1) is 19.1 Å². The van der Waals surface area contributed by atoms with Crippen molar-refractivity contribution in [1.82, 2.24) is 0 Å². The number of rotatable bonds is 7. The fourth-order valence-electron chi connectivity index (χ4n) is 2.11. The summed E-state index contributed by atoms with van der Waals surface area (Å²) < 4.78 is 15.0. The Morgan fingerprint density at radius 2 is 1.85 bits per heavy atom. The third kappa shape index (κ3) is 4.47. The minimum atomic E-state index is -0.752. The molecule has 2 aromatic carbocycles. The minimum Gasteiger partial charge on any atom is -0.497 e. The SMILES string of the molecule is COc1ccc([N+](=O)[O-])c(NC(=O)COC(=O)c2ccccc2OC)c1. The van der Waals surface area contributed by atoms with Crippen molar-refractivity contribution in [2.75, 3.05) is 26.1 Å². The molecule has 0 aliphatic heterocycles. The molecule has 26 heavy (non-hydrogen) atoms. The molecule has 136 valence electrons. The lowest BCUT2D eigenvalue weighted by Gasteiger charge is -2.10. The molecule has 1 amide bonds. The molecule has 0 saturated carbocycles. The van der Waals surface area contributed by atoms with Gasteiger partial charge in [0.25, 0.3) is 11.6 Å². The predicted molar refractivity (Wildman–Crippen MR) is 91.6 cm³/mol. The molecule has 0 bridgehead atoms. The second kappa shape index (κ2) is 8.47. The van der Waals surface area contributed by atoms with Crippen LogP contribution in [0.1, 0.15) is 10.4 Å². The van der Waals surface area contributed by atoms with E-state index < -0.39 is 23.4 Å². The maximum atomic E-state index is 12.0. The van der Waals surface area contributed by atoms with E-state index in [1.807, 2.05) is 0 Å². The molecule has 2 aromatic rings. The smallest absolute Gasteiger partial charge is 0.342 e. The zero-order chi connectivity index (χ0) is 19.1. The van der Waals surface area contributed by atoms with Crippen molar-refractivity contribution >= 4 is 23.3 Å². The van der Waals surface area contributed by atoms with Crippen LogP contribution < -0.4 is 14.8 Å². The number of hydrogen-bond donors (Lipinski definition) is 1. The van der Waals surface area contributed by atoms with Crippen LogP contribution in [0.25, 0.3) is 0 Å². The van der Waals surface area contributed by atoms with E-state index in [0.29, 0.717) is 11.5 Å². The second-order valence-corrected chi connectivity index (χ2v) is 4.96. The molecule has 0 heterocycles. The van der Waals surface area contributed by atoms with Gasteiger partial charge >= 0.3 is 5.97 Å². The Morgan fingerprint density at radius 1 is 1.12 bits per heavy atom. The largest absolute Gasteiger partial charge is 0.497 e. The van der Waals surface area contributed by atoms with Crippen molar-refractivity contribution in [2.24, 2.45) is 0 Å². The first-order chi connectivity index (χ1) is 12.5. The van der Waals surface area contributed by atoms with Gasteiger partial charge in [-0.15, -0.1) is 0 Å². The lowest BCUT2D eigenvalue weighted by Crippen LogP contribution is -2.21. The summed E-state index contributed by atoms with van der Waals surface area (Å²) in [6.45, 7) is -0.620. The molecule has 1 N–H and O–H groups in total. The van der Waals surface area contributed by atoms with Crippen LogP contribution in [0.5, 0.6) is 11.5 Å². The highest BCUT2D eigenvalue weighted by Gasteiger charge is 2.19. The number of methoxy groups -OCH3 is 2. The van der Waals surface area contributed by atoms with Crippen molar-refractivity contribution in [2.45, 2.75) is 0 Å². The molecule has 0 saturated heterocycles. The van der Waals surface area contributed by atoms with Crippen LogP contribution in [0.15, 0.2) is 42.5 Å². The van der Waals surface area contributed by atoms with E-state index >= 15 is 0 Å². The van der Waals surface area contributed by atoms with Crippen LogP contribution in [-0.4, -0.2) is 37.6 Å². The molecule has 0 fully saturated rings. The van der Waals surface area contributed by atoms with Gasteiger partial charge in [-0.05, 0) is 18.2 Å². The Bertz CT molecular complexity index is 836. The number of para-hydroxylation sites is 1. The Labute approximate surface area is 148 Å². The van der Waals surface area contributed by atoms with Crippen molar-refractivity contribution in [3.8, 4) is 11.5 Å². The van der Waals surface area contributed by atoms with E-state index in [2.05, 4.69) is 5.32 Å². The maximum absolute atomic E-state index is 12.0. The summed E-state index contributed by atoms with van der Waals surface area (Å²) in [6, 6.07) is 10.3. The molecule has 0 spiro atoms. The number of carbonyl (C=O) groups is 2. The zero-order valence-corrected chi connectivity index (χ0v) is 14.1. The Hall–Kier alpha value is -3.62. The highest BCUT2D eigenvalue weighted by atomic mass is 16.6. The number of esters is 1. The molecular weight excluding hydrogens is 344 g/mol. The van der Waals surface area contributed by atoms with Gasteiger partial charge in [0.15, 0.2) is 6.61 Å². The van der Waals surface area contributed by atoms with Crippen LogP contribution in [0, 0.1) is 10.1 Å². The summed E-state index contributed by atoms with van der Waals surface area (Å²) in [4.78, 5) is 34.4. The average Bonchev–Trinajstić information content (AvgIpc) is 2.65. The minimum absolute atomic E-state index is 0.0623. The second-order valence-electron chi connectivity index (χ2n) is 4.96. The van der Waals surface area contributed by atoms with E-state index in [1.54, 1.807) is 18.2 Å². The van der Waals surface area contributed by atoms with E-state index in [-0.39, 0.29) is 16.9 Å². The van der Waals surface area contributed by atoms with Crippen molar-refractivity contribution < 1.29 is 28.7 Å². The Morgan fingerprint density at radius 3 is 2.50 bits per heavy atom. The normalized spacial score (nSPS) is 9.92. The first kappa shape index (κ1) is 18.7. The van der Waals surface area contributed by atoms with Gasteiger partial charge in [-0.25, -0.2) is 4.79 Å². The summed E-state index contributed by atoms with van der Waals surface area (Å²) >= 11 is 0. The average molecular weight is 360 g/mol. The van der Waals surface area contributed by atoms with Gasteiger partial charge in [-0.2, -0.15) is 0 Å². The summed E-state index contributed by atoms with van der Waals surface area (Å²) in [7, 11) is 2.79. The lowest BCUT2D eigenvalue weighted by molar-refractivity contribution is -0.383. The number of hydrogen-bond acceptors (Lipinski definition) is 7. The summed E-state index contributed by atoms with van der Waals surface area (Å²) in [5, 5.41) is 13.4. The molecule has 9 nitrogen and oxygen atoms in total. The van der Waals surface area contributed by atoms with Gasteiger partial charge in [-0.1, -0.05) is 12.1 Å². The van der Waals surface area contributed by atoms with Gasteiger partial charge in [-0.3, -0.25) is 14.9 Å². The molecular formula is C17H16N2O7. The molecule has 0 aliphatic rings. The number of amides is 1. The van der Waals surface area contributed by atoms with Gasteiger partial charge in [0.2, 0.25) is 0 Å². The first-order valence-corrected chi connectivity index (χ1v) is 7.38. The number of nitrogens with zero attached hydrogens (tertiary/aromatic N) is 1. The predicted octanol–water partition coefficient (Wildman–Crippen LogP) is 2.41. The number of nitro groups is 1. The third-order valence-corrected chi connectivity index (χ3v) is 3.34. The number of benzene rings is 2. The number of nitro benzene ring substituents is 1. The zero-order valence-electron chi connectivity index (χ0n) is 14.1. The van der Waals surface area contributed by atoms with Crippen molar-refractivity contribution in [3.05, 3.63) is 58.1 Å². The number of anilines is 1. The van der Waals surface area contributed by atoms with Gasteiger partial charge < -0.3 is 19.5 Å². The molecule has 0 atom stereocenters. The molecule has 0 aliphatic carbocycles. The van der Waals surface area contributed by atoms with Gasteiger partial charge in [0.1, 0.15) is 22.7 Å². The van der Waals surface area contributed by atoms with Crippen molar-refractivity contribution in [3.63, 3.8) is 0 Å². The quantitative estimate of drug-likeness (QED) is 0.458. The van der Waals surface area contributed by atoms with Gasteiger partial charge in [0, 0.05) is 12.1 Å². The summed E-state index contributed by atoms with van der Waals surface area (Å²) in [5.74, 6) is -0.847. The van der Waals surface area contributed by atoms with Crippen LogP contribution in [0.4, 0.5) is 11.4 Å². The standard InChI is InChI=1S/C17H16N2O7/c1-24-11-7-8-14(19(22)23)13(9-11)18-16(20)10-26-17(21)12-5-3-4-6-15(12)25-2/h3-9H,10H2,1-2H3,(H,18,20). The molecule has 2 rings (SSSR count). The number of nitrogens with one attached hydrogen (secondary N) is 1. The molecule has 0 radical (unpaired) electrons.